The summed E-state index contributed by atoms with van der Waals surface area (Å²) in [5.41, 5.74) is 0. The lowest BCUT2D eigenvalue weighted by molar-refractivity contribution is 0.181. The molecule has 0 aromatic carbocycles. The highest BCUT2D eigenvalue weighted by atomic mass is 16.3. The Labute approximate surface area is 69.0 Å². The SMILES string of the molecule is C#CC(C)NCCCC(C)O. The number of hydrogen-bond donors (Lipinski definition) is 2. The molecule has 0 bridgehead atoms. The summed E-state index contributed by atoms with van der Waals surface area (Å²) < 4.78 is 0. The van der Waals surface area contributed by atoms with Crippen molar-refractivity contribution in [2.75, 3.05) is 6.54 Å². The van der Waals surface area contributed by atoms with Crippen molar-refractivity contribution in [3.63, 3.8) is 0 Å². The van der Waals surface area contributed by atoms with Gasteiger partial charge >= 0.3 is 0 Å². The number of hydrogen-bond acceptors (Lipinski definition) is 2. The Morgan fingerprint density at radius 3 is 2.64 bits per heavy atom. The molecule has 0 heterocycles. The van der Waals surface area contributed by atoms with Crippen LogP contribution in [0.2, 0.25) is 0 Å². The van der Waals surface area contributed by atoms with Crippen LogP contribution in [-0.4, -0.2) is 23.8 Å². The number of rotatable bonds is 5. The molecule has 2 nitrogen and oxygen atoms in total. The quantitative estimate of drug-likeness (QED) is 0.454. The first kappa shape index (κ1) is 10.5. The molecular formula is C9H17NO. The third kappa shape index (κ3) is 7.38. The molecule has 0 fully saturated rings. The summed E-state index contributed by atoms with van der Waals surface area (Å²) in [6, 6.07) is 0.143. The lowest BCUT2D eigenvalue weighted by atomic mass is 10.2. The second-order valence-electron chi connectivity index (χ2n) is 2.83. The van der Waals surface area contributed by atoms with E-state index in [-0.39, 0.29) is 12.1 Å². The Balaban J connectivity index is 3.10. The maximum Gasteiger partial charge on any atom is 0.0658 e. The van der Waals surface area contributed by atoms with E-state index >= 15 is 0 Å². The van der Waals surface area contributed by atoms with Gasteiger partial charge in [-0.25, -0.2) is 0 Å². The van der Waals surface area contributed by atoms with Gasteiger partial charge in [0.15, 0.2) is 0 Å². The van der Waals surface area contributed by atoms with Crippen LogP contribution in [0.15, 0.2) is 0 Å². The zero-order valence-corrected chi connectivity index (χ0v) is 7.30. The standard InChI is InChI=1S/C9H17NO/c1-4-8(2)10-7-5-6-9(3)11/h1,8-11H,5-7H2,2-3H3. The Morgan fingerprint density at radius 2 is 2.18 bits per heavy atom. The van der Waals surface area contributed by atoms with Crippen LogP contribution in [0.4, 0.5) is 0 Å². The van der Waals surface area contributed by atoms with Crippen molar-refractivity contribution in [1.82, 2.24) is 5.32 Å². The first-order chi connectivity index (χ1) is 5.16. The zero-order valence-electron chi connectivity index (χ0n) is 7.30. The van der Waals surface area contributed by atoms with E-state index in [2.05, 4.69) is 11.2 Å². The van der Waals surface area contributed by atoms with Gasteiger partial charge in [-0.15, -0.1) is 6.42 Å². The number of nitrogens with one attached hydrogen (secondary N) is 1. The van der Waals surface area contributed by atoms with Gasteiger partial charge in [0.2, 0.25) is 0 Å². The highest BCUT2D eigenvalue weighted by Crippen LogP contribution is 1.93. The predicted molar refractivity (Wildman–Crippen MR) is 47.2 cm³/mol. The molecule has 2 unspecified atom stereocenters. The molecule has 0 radical (unpaired) electrons. The van der Waals surface area contributed by atoms with Crippen molar-refractivity contribution in [1.29, 1.82) is 0 Å². The first-order valence-corrected chi connectivity index (χ1v) is 4.04. The first-order valence-electron chi connectivity index (χ1n) is 4.04. The smallest absolute Gasteiger partial charge is 0.0658 e. The van der Waals surface area contributed by atoms with Crippen LogP contribution in [0.25, 0.3) is 0 Å². The Kier molecular flexibility index (Phi) is 5.91. The highest BCUT2D eigenvalue weighted by molar-refractivity contribution is 4.95. The summed E-state index contributed by atoms with van der Waals surface area (Å²) in [5.74, 6) is 2.58. The fourth-order valence-electron chi connectivity index (χ4n) is 0.775. The molecule has 0 amide bonds. The fraction of sp³-hybridized carbons (Fsp3) is 0.778. The van der Waals surface area contributed by atoms with Crippen molar-refractivity contribution in [3.05, 3.63) is 0 Å². The topological polar surface area (TPSA) is 32.3 Å². The van der Waals surface area contributed by atoms with E-state index in [0.717, 1.165) is 19.4 Å². The zero-order chi connectivity index (χ0) is 8.69. The molecular weight excluding hydrogens is 138 g/mol. The largest absolute Gasteiger partial charge is 0.393 e. The monoisotopic (exact) mass is 155 g/mol. The average Bonchev–Trinajstić information content (AvgIpc) is 1.97. The van der Waals surface area contributed by atoms with Gasteiger partial charge in [-0.3, -0.25) is 0 Å². The van der Waals surface area contributed by atoms with E-state index in [4.69, 9.17) is 11.5 Å². The van der Waals surface area contributed by atoms with Gasteiger partial charge in [-0.05, 0) is 33.2 Å². The minimum Gasteiger partial charge on any atom is -0.393 e. The summed E-state index contributed by atoms with van der Waals surface area (Å²) in [6.07, 6.45) is 6.77. The van der Waals surface area contributed by atoms with E-state index < -0.39 is 0 Å². The van der Waals surface area contributed by atoms with Gasteiger partial charge < -0.3 is 10.4 Å². The van der Waals surface area contributed by atoms with E-state index in [1.54, 1.807) is 6.92 Å². The molecule has 64 valence electrons. The number of aliphatic hydroxyl groups is 1. The lowest BCUT2D eigenvalue weighted by Gasteiger charge is -2.07. The van der Waals surface area contributed by atoms with Crippen molar-refractivity contribution in [2.24, 2.45) is 0 Å². The molecule has 0 spiro atoms. The van der Waals surface area contributed by atoms with Crippen LogP contribution < -0.4 is 5.32 Å². The third-order valence-corrected chi connectivity index (χ3v) is 1.50. The summed E-state index contributed by atoms with van der Waals surface area (Å²) >= 11 is 0. The molecule has 0 aromatic heterocycles. The molecule has 0 aliphatic heterocycles. The Bertz CT molecular complexity index is 126. The third-order valence-electron chi connectivity index (χ3n) is 1.50. The summed E-state index contributed by atoms with van der Waals surface area (Å²) in [4.78, 5) is 0. The van der Waals surface area contributed by atoms with E-state index in [0.29, 0.717) is 0 Å². The Morgan fingerprint density at radius 1 is 1.55 bits per heavy atom. The van der Waals surface area contributed by atoms with Crippen LogP contribution in [0, 0.1) is 12.3 Å². The summed E-state index contributed by atoms with van der Waals surface area (Å²) in [5, 5.41) is 12.0. The molecule has 2 atom stereocenters. The van der Waals surface area contributed by atoms with E-state index in [1.807, 2.05) is 6.92 Å². The molecule has 0 saturated carbocycles. The van der Waals surface area contributed by atoms with Gasteiger partial charge in [0.25, 0.3) is 0 Å². The maximum atomic E-state index is 8.91. The van der Waals surface area contributed by atoms with Crippen LogP contribution >= 0.6 is 0 Å². The van der Waals surface area contributed by atoms with E-state index in [1.165, 1.54) is 0 Å². The molecule has 2 heteroatoms. The summed E-state index contributed by atoms with van der Waals surface area (Å²) in [6.45, 7) is 4.63. The predicted octanol–water partition coefficient (Wildman–Crippen LogP) is 0.759. The number of aliphatic hydroxyl groups excluding tert-OH is 1. The average molecular weight is 155 g/mol. The van der Waals surface area contributed by atoms with Crippen LogP contribution in [0.3, 0.4) is 0 Å². The van der Waals surface area contributed by atoms with Gasteiger partial charge in [0, 0.05) is 0 Å². The fourth-order valence-corrected chi connectivity index (χ4v) is 0.775. The molecule has 0 aliphatic carbocycles. The van der Waals surface area contributed by atoms with Crippen molar-refractivity contribution < 1.29 is 5.11 Å². The number of terminal acetylenes is 1. The van der Waals surface area contributed by atoms with Gasteiger partial charge in [-0.2, -0.15) is 0 Å². The van der Waals surface area contributed by atoms with Crippen LogP contribution in [0.1, 0.15) is 26.7 Å². The molecule has 0 rings (SSSR count). The molecule has 11 heavy (non-hydrogen) atoms. The van der Waals surface area contributed by atoms with Crippen molar-refractivity contribution >= 4 is 0 Å². The van der Waals surface area contributed by atoms with Gasteiger partial charge in [0.1, 0.15) is 0 Å². The van der Waals surface area contributed by atoms with Gasteiger partial charge in [0.05, 0.1) is 12.1 Å². The van der Waals surface area contributed by atoms with E-state index in [9.17, 15) is 0 Å². The molecule has 0 saturated heterocycles. The van der Waals surface area contributed by atoms with Crippen LogP contribution in [-0.2, 0) is 0 Å². The minimum atomic E-state index is -0.196. The Hall–Kier alpha value is -0.520. The van der Waals surface area contributed by atoms with Crippen molar-refractivity contribution in [2.45, 2.75) is 38.8 Å². The maximum absolute atomic E-state index is 8.91. The second kappa shape index (κ2) is 6.21. The summed E-state index contributed by atoms with van der Waals surface area (Å²) in [7, 11) is 0. The normalized spacial score (nSPS) is 15.5. The minimum absolute atomic E-state index is 0.143. The molecule has 0 aromatic rings. The van der Waals surface area contributed by atoms with Crippen molar-refractivity contribution in [3.8, 4) is 12.3 Å². The van der Waals surface area contributed by atoms with Gasteiger partial charge in [-0.1, -0.05) is 5.92 Å². The molecule has 2 N–H and O–H groups in total. The highest BCUT2D eigenvalue weighted by Gasteiger charge is 1.96. The second-order valence-corrected chi connectivity index (χ2v) is 2.83. The molecule has 0 aliphatic rings. The lowest BCUT2D eigenvalue weighted by Crippen LogP contribution is -2.25. The van der Waals surface area contributed by atoms with Crippen LogP contribution in [0.5, 0.6) is 0 Å².